The standard InChI is InChI=1S/C15H11F3N6O/c1-9-6-11(23-14(21-9)24-5-4-19-8-24)13(25)22-10-2-3-12(20-7-10)15(16,17)18/h2-8H,1H3,(H,22,25). The molecule has 3 aromatic rings. The van der Waals surface area contributed by atoms with Gasteiger partial charge in [-0.1, -0.05) is 0 Å². The Bertz CT molecular complexity index is 891. The second-order valence-corrected chi connectivity index (χ2v) is 5.05. The van der Waals surface area contributed by atoms with Gasteiger partial charge in [-0.15, -0.1) is 0 Å². The monoisotopic (exact) mass is 348 g/mol. The topological polar surface area (TPSA) is 85.6 Å². The van der Waals surface area contributed by atoms with E-state index < -0.39 is 17.8 Å². The van der Waals surface area contributed by atoms with Gasteiger partial charge in [-0.05, 0) is 25.1 Å². The zero-order chi connectivity index (χ0) is 18.0. The van der Waals surface area contributed by atoms with Crippen LogP contribution in [0.25, 0.3) is 5.95 Å². The zero-order valence-electron chi connectivity index (χ0n) is 12.8. The van der Waals surface area contributed by atoms with E-state index in [1.165, 1.54) is 17.0 Å². The summed E-state index contributed by atoms with van der Waals surface area (Å²) in [5.41, 5.74) is -0.297. The smallest absolute Gasteiger partial charge is 0.319 e. The fourth-order valence-electron chi connectivity index (χ4n) is 1.99. The molecule has 1 N–H and O–H groups in total. The first kappa shape index (κ1) is 16.6. The first-order chi connectivity index (χ1) is 11.8. The average molecular weight is 348 g/mol. The highest BCUT2D eigenvalue weighted by Gasteiger charge is 2.32. The number of aromatic nitrogens is 5. The molecule has 0 aromatic carbocycles. The quantitative estimate of drug-likeness (QED) is 0.786. The SMILES string of the molecule is Cc1cc(C(=O)Nc2ccc(C(F)(F)F)nc2)nc(-n2ccnc2)n1. The maximum atomic E-state index is 12.5. The molecule has 3 aromatic heterocycles. The van der Waals surface area contributed by atoms with Crippen molar-refractivity contribution in [2.45, 2.75) is 13.1 Å². The lowest BCUT2D eigenvalue weighted by molar-refractivity contribution is -0.141. The number of hydrogen-bond acceptors (Lipinski definition) is 5. The summed E-state index contributed by atoms with van der Waals surface area (Å²) in [5, 5.41) is 2.45. The van der Waals surface area contributed by atoms with Crippen molar-refractivity contribution in [1.82, 2.24) is 24.5 Å². The summed E-state index contributed by atoms with van der Waals surface area (Å²) in [6.07, 6.45) is 1.04. The van der Waals surface area contributed by atoms with Gasteiger partial charge in [0.1, 0.15) is 17.7 Å². The summed E-state index contributed by atoms with van der Waals surface area (Å²) >= 11 is 0. The van der Waals surface area contributed by atoms with Crippen molar-refractivity contribution in [1.29, 1.82) is 0 Å². The van der Waals surface area contributed by atoms with E-state index in [1.54, 1.807) is 19.3 Å². The summed E-state index contributed by atoms with van der Waals surface area (Å²) in [7, 11) is 0. The van der Waals surface area contributed by atoms with Crippen molar-refractivity contribution in [3.63, 3.8) is 0 Å². The molecule has 0 fully saturated rings. The Balaban J connectivity index is 1.82. The second kappa shape index (κ2) is 6.30. The van der Waals surface area contributed by atoms with Crippen LogP contribution in [0.3, 0.4) is 0 Å². The molecule has 0 unspecified atom stereocenters. The summed E-state index contributed by atoms with van der Waals surface area (Å²) in [4.78, 5) is 27.8. The van der Waals surface area contributed by atoms with Gasteiger partial charge in [-0.25, -0.2) is 19.9 Å². The molecule has 0 radical (unpaired) electrons. The number of imidazole rings is 1. The van der Waals surface area contributed by atoms with Gasteiger partial charge < -0.3 is 5.32 Å². The van der Waals surface area contributed by atoms with E-state index in [4.69, 9.17) is 0 Å². The van der Waals surface area contributed by atoms with Crippen LogP contribution >= 0.6 is 0 Å². The van der Waals surface area contributed by atoms with Gasteiger partial charge in [0.2, 0.25) is 5.95 Å². The number of carbonyl (C=O) groups excluding carboxylic acids is 1. The highest BCUT2D eigenvalue weighted by atomic mass is 19.4. The molecule has 10 heteroatoms. The molecule has 25 heavy (non-hydrogen) atoms. The molecular formula is C15H11F3N6O. The third kappa shape index (κ3) is 3.79. The van der Waals surface area contributed by atoms with Crippen LogP contribution in [0.15, 0.2) is 43.1 Å². The molecule has 0 atom stereocenters. The Morgan fingerprint density at radius 2 is 2.04 bits per heavy atom. The van der Waals surface area contributed by atoms with E-state index in [-0.39, 0.29) is 17.3 Å². The van der Waals surface area contributed by atoms with Crippen LogP contribution in [0, 0.1) is 6.92 Å². The fourth-order valence-corrected chi connectivity index (χ4v) is 1.99. The summed E-state index contributed by atoms with van der Waals surface area (Å²) in [6.45, 7) is 1.69. The van der Waals surface area contributed by atoms with Crippen molar-refractivity contribution < 1.29 is 18.0 Å². The Labute approximate surface area is 139 Å². The van der Waals surface area contributed by atoms with Crippen LogP contribution in [0.2, 0.25) is 0 Å². The van der Waals surface area contributed by atoms with Gasteiger partial charge in [-0.2, -0.15) is 13.2 Å². The number of nitrogens with zero attached hydrogens (tertiary/aromatic N) is 5. The number of halogens is 3. The second-order valence-electron chi connectivity index (χ2n) is 5.05. The Morgan fingerprint density at radius 3 is 2.64 bits per heavy atom. The van der Waals surface area contributed by atoms with Crippen LogP contribution in [0.5, 0.6) is 0 Å². The summed E-state index contributed by atoms with van der Waals surface area (Å²) in [6, 6.07) is 3.38. The summed E-state index contributed by atoms with van der Waals surface area (Å²) < 4.78 is 39.0. The number of hydrogen-bond donors (Lipinski definition) is 1. The number of anilines is 1. The lowest BCUT2D eigenvalue weighted by Gasteiger charge is -2.09. The van der Waals surface area contributed by atoms with Gasteiger partial charge in [0.25, 0.3) is 5.91 Å². The van der Waals surface area contributed by atoms with E-state index in [0.717, 1.165) is 18.3 Å². The number of pyridine rings is 1. The summed E-state index contributed by atoms with van der Waals surface area (Å²) in [5.74, 6) is -0.332. The van der Waals surface area contributed by atoms with Gasteiger partial charge in [-0.3, -0.25) is 9.36 Å². The third-order valence-electron chi connectivity index (χ3n) is 3.12. The van der Waals surface area contributed by atoms with Crippen molar-refractivity contribution in [2.24, 2.45) is 0 Å². The molecule has 1 amide bonds. The van der Waals surface area contributed by atoms with Gasteiger partial charge in [0.15, 0.2) is 0 Å². The molecule has 128 valence electrons. The van der Waals surface area contributed by atoms with E-state index in [0.29, 0.717) is 5.69 Å². The lowest BCUT2D eigenvalue weighted by atomic mass is 10.3. The fraction of sp³-hybridized carbons (Fsp3) is 0.133. The van der Waals surface area contributed by atoms with Crippen LogP contribution in [0.4, 0.5) is 18.9 Å². The number of aryl methyl sites for hydroxylation is 1. The minimum atomic E-state index is -4.54. The Kier molecular flexibility index (Phi) is 4.17. The molecule has 7 nitrogen and oxygen atoms in total. The third-order valence-corrected chi connectivity index (χ3v) is 3.12. The predicted molar refractivity (Wildman–Crippen MR) is 81.1 cm³/mol. The van der Waals surface area contributed by atoms with E-state index in [1.807, 2.05) is 0 Å². The Hall–Kier alpha value is -3.30. The maximum absolute atomic E-state index is 12.5. The zero-order valence-corrected chi connectivity index (χ0v) is 12.8. The van der Waals surface area contributed by atoms with Crippen molar-refractivity contribution >= 4 is 11.6 Å². The number of carbonyl (C=O) groups is 1. The first-order valence-corrected chi connectivity index (χ1v) is 7.01. The van der Waals surface area contributed by atoms with Gasteiger partial charge >= 0.3 is 6.18 Å². The number of nitrogens with one attached hydrogen (secondary N) is 1. The molecule has 0 saturated carbocycles. The largest absolute Gasteiger partial charge is 0.433 e. The van der Waals surface area contributed by atoms with Crippen LogP contribution < -0.4 is 5.32 Å². The average Bonchev–Trinajstić information content (AvgIpc) is 3.08. The van der Waals surface area contributed by atoms with Crippen molar-refractivity contribution in [3.05, 3.63) is 60.2 Å². The van der Waals surface area contributed by atoms with Gasteiger partial charge in [0.05, 0.1) is 11.9 Å². The molecule has 0 aliphatic rings. The molecular weight excluding hydrogens is 337 g/mol. The minimum Gasteiger partial charge on any atom is -0.319 e. The van der Waals surface area contributed by atoms with Gasteiger partial charge in [0, 0.05) is 18.1 Å². The maximum Gasteiger partial charge on any atom is 0.433 e. The Morgan fingerprint density at radius 1 is 1.24 bits per heavy atom. The van der Waals surface area contributed by atoms with Crippen molar-refractivity contribution in [3.8, 4) is 5.95 Å². The van der Waals surface area contributed by atoms with E-state index >= 15 is 0 Å². The molecule has 0 bridgehead atoms. The molecule has 0 aliphatic heterocycles. The molecule has 3 heterocycles. The van der Waals surface area contributed by atoms with E-state index in [2.05, 4.69) is 25.3 Å². The van der Waals surface area contributed by atoms with Crippen LogP contribution in [-0.4, -0.2) is 30.4 Å². The van der Waals surface area contributed by atoms with Crippen molar-refractivity contribution in [2.75, 3.05) is 5.32 Å². The number of alkyl halides is 3. The molecule has 3 rings (SSSR count). The highest BCUT2D eigenvalue weighted by Crippen LogP contribution is 2.27. The first-order valence-electron chi connectivity index (χ1n) is 7.01. The van der Waals surface area contributed by atoms with Crippen LogP contribution in [0.1, 0.15) is 21.9 Å². The molecule has 0 aliphatic carbocycles. The number of amides is 1. The van der Waals surface area contributed by atoms with E-state index in [9.17, 15) is 18.0 Å². The molecule has 0 saturated heterocycles. The lowest BCUT2D eigenvalue weighted by Crippen LogP contribution is -2.16. The minimum absolute atomic E-state index is 0.0658. The highest BCUT2D eigenvalue weighted by molar-refractivity contribution is 6.02. The number of rotatable bonds is 3. The normalized spacial score (nSPS) is 11.4. The predicted octanol–water partition coefficient (Wildman–Crippen LogP) is 2.64. The molecule has 0 spiro atoms. The van der Waals surface area contributed by atoms with Crippen LogP contribution in [-0.2, 0) is 6.18 Å².